The second kappa shape index (κ2) is 6.85. The molecule has 1 saturated carbocycles. The Kier molecular flexibility index (Phi) is 5.40. The maximum absolute atomic E-state index is 4.24. The lowest BCUT2D eigenvalue weighted by Crippen LogP contribution is -2.46. The van der Waals surface area contributed by atoms with Crippen molar-refractivity contribution in [1.29, 1.82) is 0 Å². The number of nitrogens with zero attached hydrogens (tertiary/aromatic N) is 1. The van der Waals surface area contributed by atoms with E-state index in [0.29, 0.717) is 11.5 Å². The van der Waals surface area contributed by atoms with Crippen LogP contribution >= 0.6 is 11.3 Å². The lowest BCUT2D eigenvalue weighted by molar-refractivity contribution is 0.156. The van der Waals surface area contributed by atoms with Crippen molar-refractivity contribution >= 4 is 11.3 Å². The van der Waals surface area contributed by atoms with E-state index in [0.717, 1.165) is 18.9 Å². The quantitative estimate of drug-likeness (QED) is 0.807. The van der Waals surface area contributed by atoms with Gasteiger partial charge in [-0.05, 0) is 43.6 Å². The molecule has 1 aromatic rings. The van der Waals surface area contributed by atoms with Crippen LogP contribution in [-0.2, 0) is 6.42 Å². The van der Waals surface area contributed by atoms with Gasteiger partial charge in [0.15, 0.2) is 0 Å². The molecule has 1 atom stereocenters. The van der Waals surface area contributed by atoms with Crippen LogP contribution in [0.2, 0.25) is 0 Å². The van der Waals surface area contributed by atoms with Gasteiger partial charge in [0.2, 0.25) is 0 Å². The molecule has 0 saturated heterocycles. The van der Waals surface area contributed by atoms with Crippen LogP contribution in [0.15, 0.2) is 11.7 Å². The molecule has 3 heteroatoms. The highest BCUT2D eigenvalue weighted by Crippen LogP contribution is 2.46. The average molecular weight is 280 g/mol. The van der Waals surface area contributed by atoms with Gasteiger partial charge in [0.25, 0.3) is 0 Å². The summed E-state index contributed by atoms with van der Waals surface area (Å²) in [7, 11) is 0. The molecule has 1 aromatic heterocycles. The standard InChI is InChI=1S/C16H28N2S/c1-4-18-15(9-14-11-17-12-19-14)16(10-13(2)3)7-5-6-8-16/h11-13,15,18H,4-10H2,1-3H3. The van der Waals surface area contributed by atoms with Gasteiger partial charge in [-0.2, -0.15) is 0 Å². The molecular formula is C16H28N2S. The van der Waals surface area contributed by atoms with E-state index >= 15 is 0 Å². The fourth-order valence-electron chi connectivity index (χ4n) is 3.88. The second-order valence-electron chi connectivity index (χ2n) is 6.45. The summed E-state index contributed by atoms with van der Waals surface area (Å²) in [5, 5.41) is 3.79. The van der Waals surface area contributed by atoms with E-state index in [1.165, 1.54) is 37.0 Å². The molecule has 0 amide bonds. The first kappa shape index (κ1) is 15.0. The second-order valence-corrected chi connectivity index (χ2v) is 7.42. The van der Waals surface area contributed by atoms with Crippen LogP contribution < -0.4 is 5.32 Å². The van der Waals surface area contributed by atoms with Gasteiger partial charge in [-0.25, -0.2) is 0 Å². The summed E-state index contributed by atoms with van der Waals surface area (Å²) < 4.78 is 0. The van der Waals surface area contributed by atoms with Crippen LogP contribution in [0.1, 0.15) is 57.8 Å². The molecule has 0 bridgehead atoms. The van der Waals surface area contributed by atoms with Gasteiger partial charge in [0, 0.05) is 17.1 Å². The number of aromatic nitrogens is 1. The van der Waals surface area contributed by atoms with Crippen molar-refractivity contribution in [2.45, 2.75) is 65.3 Å². The molecule has 1 aliphatic rings. The molecule has 0 spiro atoms. The van der Waals surface area contributed by atoms with Gasteiger partial charge in [0.05, 0.1) is 5.51 Å². The lowest BCUT2D eigenvalue weighted by atomic mass is 9.71. The smallest absolute Gasteiger partial charge is 0.0794 e. The SMILES string of the molecule is CCNC(Cc1cncs1)C1(CC(C)C)CCCC1. The summed E-state index contributed by atoms with van der Waals surface area (Å²) in [5.74, 6) is 0.792. The van der Waals surface area contributed by atoms with Crippen molar-refractivity contribution in [1.82, 2.24) is 10.3 Å². The third kappa shape index (κ3) is 3.79. The molecule has 1 N–H and O–H groups in total. The fourth-order valence-corrected chi connectivity index (χ4v) is 4.52. The number of likely N-dealkylation sites (N-methyl/N-ethyl adjacent to an activating group) is 1. The summed E-state index contributed by atoms with van der Waals surface area (Å²) in [6, 6.07) is 0.628. The van der Waals surface area contributed by atoms with E-state index < -0.39 is 0 Å². The summed E-state index contributed by atoms with van der Waals surface area (Å²) in [6.45, 7) is 8.05. The fraction of sp³-hybridized carbons (Fsp3) is 0.812. The predicted octanol–water partition coefficient (Wildman–Crippen LogP) is 4.27. The first-order valence-corrected chi connectivity index (χ1v) is 8.65. The van der Waals surface area contributed by atoms with Gasteiger partial charge >= 0.3 is 0 Å². The molecule has 0 aliphatic heterocycles. The molecule has 1 fully saturated rings. The van der Waals surface area contributed by atoms with Gasteiger partial charge in [0.1, 0.15) is 0 Å². The minimum Gasteiger partial charge on any atom is -0.313 e. The number of hydrogen-bond acceptors (Lipinski definition) is 3. The first-order chi connectivity index (χ1) is 9.16. The molecule has 2 nitrogen and oxygen atoms in total. The molecular weight excluding hydrogens is 252 g/mol. The maximum atomic E-state index is 4.24. The minimum atomic E-state index is 0.522. The normalized spacial score (nSPS) is 20.0. The van der Waals surface area contributed by atoms with Crippen molar-refractivity contribution in [3.8, 4) is 0 Å². The summed E-state index contributed by atoms with van der Waals surface area (Å²) in [6.07, 6.45) is 10.2. The minimum absolute atomic E-state index is 0.522. The Bertz CT molecular complexity index is 353. The highest BCUT2D eigenvalue weighted by Gasteiger charge is 2.41. The molecule has 1 heterocycles. The molecule has 1 unspecified atom stereocenters. The van der Waals surface area contributed by atoms with Gasteiger partial charge in [-0.3, -0.25) is 4.98 Å². The Morgan fingerprint density at radius 3 is 2.63 bits per heavy atom. The van der Waals surface area contributed by atoms with Crippen LogP contribution in [0, 0.1) is 11.3 Å². The van der Waals surface area contributed by atoms with Crippen LogP contribution in [0.4, 0.5) is 0 Å². The molecule has 0 aromatic carbocycles. The van der Waals surface area contributed by atoms with E-state index in [9.17, 15) is 0 Å². The van der Waals surface area contributed by atoms with Crippen molar-refractivity contribution in [3.05, 3.63) is 16.6 Å². The largest absolute Gasteiger partial charge is 0.313 e. The molecule has 2 rings (SSSR count). The van der Waals surface area contributed by atoms with Crippen molar-refractivity contribution in [2.75, 3.05) is 6.54 Å². The van der Waals surface area contributed by atoms with E-state index in [1.54, 1.807) is 11.3 Å². The van der Waals surface area contributed by atoms with Crippen LogP contribution in [-0.4, -0.2) is 17.6 Å². The zero-order chi connectivity index (χ0) is 13.7. The Hall–Kier alpha value is -0.410. The number of hydrogen-bond donors (Lipinski definition) is 1. The summed E-state index contributed by atoms with van der Waals surface area (Å²) in [4.78, 5) is 5.67. The molecule has 1 aliphatic carbocycles. The third-order valence-electron chi connectivity index (χ3n) is 4.49. The first-order valence-electron chi connectivity index (χ1n) is 7.77. The van der Waals surface area contributed by atoms with Gasteiger partial charge in [-0.1, -0.05) is 33.6 Å². The average Bonchev–Trinajstić information content (AvgIpc) is 2.99. The van der Waals surface area contributed by atoms with E-state index in [-0.39, 0.29) is 0 Å². The van der Waals surface area contributed by atoms with Gasteiger partial charge < -0.3 is 5.32 Å². The Labute approximate surface area is 122 Å². The number of rotatable bonds is 7. The zero-order valence-corrected chi connectivity index (χ0v) is 13.4. The van der Waals surface area contributed by atoms with Crippen molar-refractivity contribution in [3.63, 3.8) is 0 Å². The molecule has 0 radical (unpaired) electrons. The summed E-state index contributed by atoms with van der Waals surface area (Å²) in [5.41, 5.74) is 2.48. The Morgan fingerprint density at radius 1 is 1.37 bits per heavy atom. The van der Waals surface area contributed by atoms with Gasteiger partial charge in [-0.15, -0.1) is 11.3 Å². The predicted molar refractivity (Wildman–Crippen MR) is 83.6 cm³/mol. The maximum Gasteiger partial charge on any atom is 0.0794 e. The number of thiazole rings is 1. The zero-order valence-electron chi connectivity index (χ0n) is 12.6. The third-order valence-corrected chi connectivity index (χ3v) is 5.29. The lowest BCUT2D eigenvalue weighted by Gasteiger charge is -2.39. The Balaban J connectivity index is 2.13. The number of nitrogens with one attached hydrogen (secondary N) is 1. The van der Waals surface area contributed by atoms with E-state index in [1.807, 2.05) is 11.7 Å². The molecule has 108 valence electrons. The van der Waals surface area contributed by atoms with Crippen LogP contribution in [0.3, 0.4) is 0 Å². The highest BCUT2D eigenvalue weighted by molar-refractivity contribution is 7.09. The topological polar surface area (TPSA) is 24.9 Å². The Morgan fingerprint density at radius 2 is 2.11 bits per heavy atom. The van der Waals surface area contributed by atoms with Crippen LogP contribution in [0.25, 0.3) is 0 Å². The van der Waals surface area contributed by atoms with E-state index in [2.05, 4.69) is 31.1 Å². The highest BCUT2D eigenvalue weighted by atomic mass is 32.1. The van der Waals surface area contributed by atoms with Crippen molar-refractivity contribution < 1.29 is 0 Å². The van der Waals surface area contributed by atoms with Crippen LogP contribution in [0.5, 0.6) is 0 Å². The monoisotopic (exact) mass is 280 g/mol. The van der Waals surface area contributed by atoms with E-state index in [4.69, 9.17) is 0 Å². The van der Waals surface area contributed by atoms with Crippen molar-refractivity contribution in [2.24, 2.45) is 11.3 Å². The molecule has 19 heavy (non-hydrogen) atoms. The summed E-state index contributed by atoms with van der Waals surface area (Å²) >= 11 is 1.80.